The Kier molecular flexibility index (Phi) is 4.05. The molecule has 0 amide bonds. The Labute approximate surface area is 126 Å². The second-order valence-corrected chi connectivity index (χ2v) is 6.31. The van der Waals surface area contributed by atoms with Crippen LogP contribution in [-0.2, 0) is 27.2 Å². The second-order valence-electron chi connectivity index (χ2n) is 5.03. The van der Waals surface area contributed by atoms with E-state index in [1.54, 1.807) is 0 Å². The topological polar surface area (TPSA) is 55.8 Å². The predicted octanol–water partition coefficient (Wildman–Crippen LogP) is 2.71. The lowest BCUT2D eigenvalue weighted by atomic mass is 9.96. The molecule has 21 heavy (non-hydrogen) atoms. The van der Waals surface area contributed by atoms with Crippen LogP contribution in [0.15, 0.2) is 54.6 Å². The fourth-order valence-corrected chi connectivity index (χ4v) is 2.96. The third-order valence-electron chi connectivity index (χ3n) is 3.63. The van der Waals surface area contributed by atoms with E-state index in [0.29, 0.717) is 6.61 Å². The molecule has 4 nitrogen and oxygen atoms in total. The van der Waals surface area contributed by atoms with Gasteiger partial charge in [0.05, 0.1) is 13.2 Å². The standard InChI is InChI=1S/C16H16O4S/c17-21(18)16(11-19-12-16)14-6-8-15(9-7-14)20-10-13-4-2-1-3-5-13/h1-9H,10-12H2,(H,17,18). The maximum absolute atomic E-state index is 11.5. The molecule has 0 aliphatic carbocycles. The Bertz CT molecular complexity index is 620. The van der Waals surface area contributed by atoms with E-state index in [4.69, 9.17) is 9.47 Å². The van der Waals surface area contributed by atoms with Crippen molar-refractivity contribution in [1.82, 2.24) is 0 Å². The molecule has 1 unspecified atom stereocenters. The van der Waals surface area contributed by atoms with E-state index in [2.05, 4.69) is 0 Å². The molecule has 1 saturated heterocycles. The summed E-state index contributed by atoms with van der Waals surface area (Å²) < 4.78 is 31.0. The van der Waals surface area contributed by atoms with Crippen molar-refractivity contribution in [3.63, 3.8) is 0 Å². The molecule has 3 rings (SSSR count). The van der Waals surface area contributed by atoms with Gasteiger partial charge in [-0.3, -0.25) is 0 Å². The van der Waals surface area contributed by atoms with Crippen molar-refractivity contribution in [2.45, 2.75) is 11.4 Å². The monoisotopic (exact) mass is 304 g/mol. The Morgan fingerprint density at radius 1 is 1.10 bits per heavy atom. The van der Waals surface area contributed by atoms with Crippen molar-refractivity contribution in [2.24, 2.45) is 0 Å². The van der Waals surface area contributed by atoms with E-state index in [1.165, 1.54) is 0 Å². The summed E-state index contributed by atoms with van der Waals surface area (Å²) in [5.74, 6) is 0.738. The SMILES string of the molecule is O=S(O)C1(c2ccc(OCc3ccccc3)cc2)COC1. The van der Waals surface area contributed by atoms with Gasteiger partial charge in [-0.1, -0.05) is 42.5 Å². The number of rotatable bonds is 5. The fourth-order valence-electron chi connectivity index (χ4n) is 2.25. The zero-order chi connectivity index (χ0) is 14.7. The third kappa shape index (κ3) is 2.85. The molecule has 0 bridgehead atoms. The Hall–Kier alpha value is -1.69. The highest BCUT2D eigenvalue weighted by Gasteiger charge is 2.46. The van der Waals surface area contributed by atoms with Crippen molar-refractivity contribution in [3.8, 4) is 5.75 Å². The lowest BCUT2D eigenvalue weighted by Gasteiger charge is -2.38. The van der Waals surface area contributed by atoms with Crippen molar-refractivity contribution in [2.75, 3.05) is 13.2 Å². The average molecular weight is 304 g/mol. The zero-order valence-corrected chi connectivity index (χ0v) is 12.2. The Morgan fingerprint density at radius 2 is 1.76 bits per heavy atom. The molecular formula is C16H16O4S. The van der Waals surface area contributed by atoms with Gasteiger partial charge in [-0.15, -0.1) is 0 Å². The summed E-state index contributed by atoms with van der Waals surface area (Å²) in [5, 5.41) is 0. The van der Waals surface area contributed by atoms with Gasteiger partial charge in [0.2, 0.25) is 0 Å². The third-order valence-corrected chi connectivity index (χ3v) is 4.77. The summed E-state index contributed by atoms with van der Waals surface area (Å²) in [6, 6.07) is 17.2. The summed E-state index contributed by atoms with van der Waals surface area (Å²) in [6.45, 7) is 1.06. The normalized spacial score (nSPS) is 17.8. The maximum atomic E-state index is 11.5. The van der Waals surface area contributed by atoms with Crippen LogP contribution in [0.5, 0.6) is 5.75 Å². The van der Waals surface area contributed by atoms with Gasteiger partial charge in [0.1, 0.15) is 17.1 Å². The van der Waals surface area contributed by atoms with Gasteiger partial charge in [-0.2, -0.15) is 0 Å². The van der Waals surface area contributed by atoms with Gasteiger partial charge >= 0.3 is 0 Å². The van der Waals surface area contributed by atoms with E-state index in [9.17, 15) is 8.76 Å². The van der Waals surface area contributed by atoms with E-state index in [-0.39, 0.29) is 13.2 Å². The van der Waals surface area contributed by atoms with Crippen molar-refractivity contribution >= 4 is 11.1 Å². The zero-order valence-electron chi connectivity index (χ0n) is 11.4. The highest BCUT2D eigenvalue weighted by atomic mass is 32.2. The first-order valence-electron chi connectivity index (χ1n) is 6.67. The summed E-state index contributed by atoms with van der Waals surface area (Å²) in [4.78, 5) is 0. The first-order valence-corrected chi connectivity index (χ1v) is 7.77. The fraction of sp³-hybridized carbons (Fsp3) is 0.250. The van der Waals surface area contributed by atoms with E-state index in [0.717, 1.165) is 16.9 Å². The highest BCUT2D eigenvalue weighted by molar-refractivity contribution is 7.80. The minimum atomic E-state index is -1.94. The van der Waals surface area contributed by atoms with Crippen LogP contribution in [0, 0.1) is 0 Å². The largest absolute Gasteiger partial charge is 0.489 e. The number of ether oxygens (including phenoxy) is 2. The van der Waals surface area contributed by atoms with E-state index in [1.807, 2.05) is 54.6 Å². The molecule has 1 fully saturated rings. The molecule has 1 N–H and O–H groups in total. The van der Waals surface area contributed by atoms with Gasteiger partial charge in [0, 0.05) is 0 Å². The maximum Gasteiger partial charge on any atom is 0.168 e. The smallest absolute Gasteiger partial charge is 0.168 e. The van der Waals surface area contributed by atoms with Crippen LogP contribution in [0.25, 0.3) is 0 Å². The molecule has 2 aromatic rings. The van der Waals surface area contributed by atoms with E-state index >= 15 is 0 Å². The highest BCUT2D eigenvalue weighted by Crippen LogP contribution is 2.35. The molecule has 0 saturated carbocycles. The van der Waals surface area contributed by atoms with Crippen LogP contribution in [0.2, 0.25) is 0 Å². The van der Waals surface area contributed by atoms with Gasteiger partial charge in [-0.25, -0.2) is 4.21 Å². The lowest BCUT2D eigenvalue weighted by molar-refractivity contribution is -0.0165. The first kappa shape index (κ1) is 14.3. The molecule has 0 radical (unpaired) electrons. The van der Waals surface area contributed by atoms with Crippen molar-refractivity contribution in [1.29, 1.82) is 0 Å². The molecular weight excluding hydrogens is 288 g/mol. The second kappa shape index (κ2) is 5.97. The van der Waals surface area contributed by atoms with Crippen LogP contribution in [0.3, 0.4) is 0 Å². The van der Waals surface area contributed by atoms with Crippen molar-refractivity contribution in [3.05, 3.63) is 65.7 Å². The molecule has 1 aliphatic rings. The molecule has 1 aliphatic heterocycles. The molecule has 0 aromatic heterocycles. The van der Waals surface area contributed by atoms with Crippen LogP contribution in [0.4, 0.5) is 0 Å². The first-order chi connectivity index (χ1) is 10.2. The van der Waals surface area contributed by atoms with Gasteiger partial charge < -0.3 is 14.0 Å². The summed E-state index contributed by atoms with van der Waals surface area (Å²) in [5.41, 5.74) is 1.91. The quantitative estimate of drug-likeness (QED) is 0.863. The molecule has 1 heterocycles. The number of hydrogen-bond donors (Lipinski definition) is 1. The summed E-state index contributed by atoms with van der Waals surface area (Å²) in [7, 11) is 0. The van der Waals surface area contributed by atoms with Gasteiger partial charge in [0.25, 0.3) is 0 Å². The van der Waals surface area contributed by atoms with Gasteiger partial charge in [-0.05, 0) is 23.3 Å². The average Bonchev–Trinajstić information content (AvgIpc) is 2.46. The molecule has 2 aromatic carbocycles. The van der Waals surface area contributed by atoms with Gasteiger partial charge in [0.15, 0.2) is 11.1 Å². The summed E-state index contributed by atoms with van der Waals surface area (Å²) in [6.07, 6.45) is 0. The predicted molar refractivity (Wildman–Crippen MR) is 80.5 cm³/mol. The number of hydrogen-bond acceptors (Lipinski definition) is 3. The van der Waals surface area contributed by atoms with Crippen LogP contribution in [-0.4, -0.2) is 22.0 Å². The minimum Gasteiger partial charge on any atom is -0.489 e. The van der Waals surface area contributed by atoms with Crippen LogP contribution in [0.1, 0.15) is 11.1 Å². The number of benzene rings is 2. The molecule has 5 heteroatoms. The lowest BCUT2D eigenvalue weighted by Crippen LogP contribution is -2.49. The Morgan fingerprint density at radius 3 is 2.29 bits per heavy atom. The van der Waals surface area contributed by atoms with E-state index < -0.39 is 15.8 Å². The minimum absolute atomic E-state index is 0.278. The van der Waals surface area contributed by atoms with Crippen LogP contribution < -0.4 is 4.74 Å². The molecule has 110 valence electrons. The molecule has 0 spiro atoms. The summed E-state index contributed by atoms with van der Waals surface area (Å²) >= 11 is -1.94. The molecule has 1 atom stereocenters. The van der Waals surface area contributed by atoms with Crippen molar-refractivity contribution < 1.29 is 18.2 Å². The van der Waals surface area contributed by atoms with Crippen LogP contribution >= 0.6 is 0 Å². The Balaban J connectivity index is 1.68.